The lowest BCUT2D eigenvalue weighted by Crippen LogP contribution is -2.49. The number of hydrogen-bond donors (Lipinski definition) is 1. The van der Waals surface area contributed by atoms with Crippen LogP contribution in [-0.2, 0) is 14.9 Å². The fourth-order valence-corrected chi connectivity index (χ4v) is 4.04. The van der Waals surface area contributed by atoms with Crippen molar-refractivity contribution in [2.75, 3.05) is 46.4 Å². The van der Waals surface area contributed by atoms with Gasteiger partial charge in [0.05, 0.1) is 6.61 Å². The maximum atomic E-state index is 12.7. The summed E-state index contributed by atoms with van der Waals surface area (Å²) < 4.78 is 33.6. The van der Waals surface area contributed by atoms with E-state index in [2.05, 4.69) is 5.32 Å². The maximum absolute atomic E-state index is 12.7. The summed E-state index contributed by atoms with van der Waals surface area (Å²) >= 11 is 0. The molecule has 0 bridgehead atoms. The van der Waals surface area contributed by atoms with Gasteiger partial charge in [-0.3, -0.25) is 0 Å². The normalized spacial score (nSPS) is 20.4. The molecule has 1 fully saturated rings. The van der Waals surface area contributed by atoms with Crippen LogP contribution in [0.4, 0.5) is 0 Å². The van der Waals surface area contributed by atoms with E-state index in [0.717, 1.165) is 25.9 Å². The minimum Gasteiger partial charge on any atom is -0.383 e. The van der Waals surface area contributed by atoms with Gasteiger partial charge in [0.1, 0.15) is 0 Å². The first kappa shape index (κ1) is 16.8. The molecule has 114 valence electrons. The van der Waals surface area contributed by atoms with E-state index in [1.54, 1.807) is 15.7 Å². The molecule has 0 radical (unpaired) electrons. The predicted octanol–water partition coefficient (Wildman–Crippen LogP) is 0.273. The molecule has 6 nitrogen and oxygen atoms in total. The van der Waals surface area contributed by atoms with E-state index in [9.17, 15) is 8.42 Å². The summed E-state index contributed by atoms with van der Waals surface area (Å²) in [6, 6.07) is -0.00337. The molecule has 0 spiro atoms. The Morgan fingerprint density at radius 1 is 1.37 bits per heavy atom. The molecule has 0 aromatic carbocycles. The Bertz CT molecular complexity index is 340. The van der Waals surface area contributed by atoms with Crippen molar-refractivity contribution in [3.63, 3.8) is 0 Å². The first-order chi connectivity index (χ1) is 9.04. The Balaban J connectivity index is 2.83. The Morgan fingerprint density at radius 2 is 2.11 bits per heavy atom. The lowest BCUT2D eigenvalue weighted by Gasteiger charge is -2.32. The predicted molar refractivity (Wildman–Crippen MR) is 76.3 cm³/mol. The minimum absolute atomic E-state index is 0.00337. The molecule has 1 saturated heterocycles. The molecule has 1 aliphatic rings. The van der Waals surface area contributed by atoms with Crippen molar-refractivity contribution in [3.8, 4) is 0 Å². The molecule has 1 aliphatic heterocycles. The lowest BCUT2D eigenvalue weighted by atomic mass is 10.3. The number of methoxy groups -OCH3 is 1. The molecule has 1 rings (SSSR count). The van der Waals surface area contributed by atoms with Gasteiger partial charge >= 0.3 is 0 Å². The highest BCUT2D eigenvalue weighted by Gasteiger charge is 2.32. The molecule has 0 aromatic rings. The van der Waals surface area contributed by atoms with Gasteiger partial charge in [-0.2, -0.15) is 17.0 Å². The van der Waals surface area contributed by atoms with Crippen molar-refractivity contribution in [2.24, 2.45) is 0 Å². The van der Waals surface area contributed by atoms with Crippen molar-refractivity contribution in [3.05, 3.63) is 0 Å². The molecule has 1 heterocycles. The van der Waals surface area contributed by atoms with E-state index in [1.807, 2.05) is 13.8 Å². The van der Waals surface area contributed by atoms with Crippen molar-refractivity contribution in [2.45, 2.75) is 32.7 Å². The van der Waals surface area contributed by atoms with Crippen LogP contribution < -0.4 is 5.32 Å². The second kappa shape index (κ2) is 8.16. The van der Waals surface area contributed by atoms with Gasteiger partial charge in [-0.25, -0.2) is 0 Å². The second-order valence-electron chi connectivity index (χ2n) is 4.87. The first-order valence-corrected chi connectivity index (χ1v) is 8.40. The third-order valence-corrected chi connectivity index (χ3v) is 5.67. The van der Waals surface area contributed by atoms with Crippen LogP contribution in [-0.4, -0.2) is 69.5 Å². The maximum Gasteiger partial charge on any atom is 0.282 e. The highest BCUT2D eigenvalue weighted by molar-refractivity contribution is 7.86. The molecule has 19 heavy (non-hydrogen) atoms. The topological polar surface area (TPSA) is 61.9 Å². The van der Waals surface area contributed by atoms with Gasteiger partial charge in [-0.15, -0.1) is 0 Å². The Morgan fingerprint density at radius 3 is 2.74 bits per heavy atom. The smallest absolute Gasteiger partial charge is 0.282 e. The standard InChI is InChI=1S/C12H27N3O3S/c1-4-12(2)15(10-11-18-3)19(16,17)14-8-5-6-13-7-9-14/h12-13H,4-11H2,1-3H3. The fourth-order valence-electron chi connectivity index (χ4n) is 2.15. The van der Waals surface area contributed by atoms with E-state index >= 15 is 0 Å². The van der Waals surface area contributed by atoms with E-state index in [0.29, 0.717) is 26.2 Å². The highest BCUT2D eigenvalue weighted by atomic mass is 32.2. The van der Waals surface area contributed by atoms with Gasteiger partial charge in [0.15, 0.2) is 0 Å². The molecule has 0 saturated carbocycles. The number of ether oxygens (including phenoxy) is 1. The minimum atomic E-state index is -3.38. The van der Waals surface area contributed by atoms with Gasteiger partial charge in [-0.1, -0.05) is 6.92 Å². The molecule has 0 aliphatic carbocycles. The molecular formula is C12H27N3O3S. The summed E-state index contributed by atoms with van der Waals surface area (Å²) in [5.41, 5.74) is 0. The van der Waals surface area contributed by atoms with Crippen molar-refractivity contribution < 1.29 is 13.2 Å². The zero-order valence-corrected chi connectivity index (χ0v) is 13.1. The molecule has 0 aromatic heterocycles. The van der Waals surface area contributed by atoms with Crippen LogP contribution in [0.2, 0.25) is 0 Å². The molecule has 0 amide bonds. The van der Waals surface area contributed by atoms with Gasteiger partial charge < -0.3 is 10.1 Å². The summed E-state index contributed by atoms with van der Waals surface area (Å²) in [7, 11) is -1.79. The van der Waals surface area contributed by atoms with Crippen LogP contribution in [0, 0.1) is 0 Å². The van der Waals surface area contributed by atoms with Crippen LogP contribution in [0.5, 0.6) is 0 Å². The molecule has 1 atom stereocenters. The fraction of sp³-hybridized carbons (Fsp3) is 1.00. The quantitative estimate of drug-likeness (QED) is 0.732. The van der Waals surface area contributed by atoms with E-state index in [4.69, 9.17) is 4.74 Å². The molecular weight excluding hydrogens is 266 g/mol. The molecule has 1 N–H and O–H groups in total. The first-order valence-electron chi connectivity index (χ1n) is 7.00. The third kappa shape index (κ3) is 4.68. The summed E-state index contributed by atoms with van der Waals surface area (Å²) in [6.07, 6.45) is 1.66. The van der Waals surface area contributed by atoms with Gasteiger partial charge in [0, 0.05) is 39.3 Å². The SMILES string of the molecule is CCC(C)N(CCOC)S(=O)(=O)N1CCCNCC1. The van der Waals surface area contributed by atoms with Gasteiger partial charge in [-0.05, 0) is 26.3 Å². The van der Waals surface area contributed by atoms with Crippen LogP contribution in [0.3, 0.4) is 0 Å². The zero-order chi connectivity index (χ0) is 14.3. The molecule has 1 unspecified atom stereocenters. The van der Waals surface area contributed by atoms with Gasteiger partial charge in [0.2, 0.25) is 0 Å². The number of hydrogen-bond acceptors (Lipinski definition) is 4. The van der Waals surface area contributed by atoms with Crippen LogP contribution in [0.25, 0.3) is 0 Å². The third-order valence-electron chi connectivity index (χ3n) is 3.52. The van der Waals surface area contributed by atoms with Crippen LogP contribution in [0.15, 0.2) is 0 Å². The summed E-state index contributed by atoms with van der Waals surface area (Å²) in [6.45, 7) is 7.53. The number of nitrogens with zero attached hydrogens (tertiary/aromatic N) is 2. The second-order valence-corrected chi connectivity index (χ2v) is 6.75. The highest BCUT2D eigenvalue weighted by Crippen LogP contribution is 2.15. The Kier molecular flexibility index (Phi) is 7.23. The summed E-state index contributed by atoms with van der Waals surface area (Å²) in [5, 5.41) is 3.23. The van der Waals surface area contributed by atoms with E-state index in [1.165, 1.54) is 0 Å². The summed E-state index contributed by atoms with van der Waals surface area (Å²) in [5.74, 6) is 0. The number of nitrogens with one attached hydrogen (secondary N) is 1. The van der Waals surface area contributed by atoms with Crippen molar-refractivity contribution >= 4 is 10.2 Å². The average molecular weight is 293 g/mol. The lowest BCUT2D eigenvalue weighted by molar-refractivity contribution is 0.163. The Labute approximate surface area is 117 Å². The summed E-state index contributed by atoms with van der Waals surface area (Å²) in [4.78, 5) is 0. The molecule has 7 heteroatoms. The van der Waals surface area contributed by atoms with E-state index in [-0.39, 0.29) is 6.04 Å². The Hall–Kier alpha value is -0.210. The van der Waals surface area contributed by atoms with Crippen molar-refractivity contribution in [1.29, 1.82) is 0 Å². The van der Waals surface area contributed by atoms with Gasteiger partial charge in [0.25, 0.3) is 10.2 Å². The van der Waals surface area contributed by atoms with E-state index < -0.39 is 10.2 Å². The van der Waals surface area contributed by atoms with Crippen molar-refractivity contribution in [1.82, 2.24) is 13.9 Å². The largest absolute Gasteiger partial charge is 0.383 e. The van der Waals surface area contributed by atoms with Crippen LogP contribution >= 0.6 is 0 Å². The zero-order valence-electron chi connectivity index (χ0n) is 12.3. The monoisotopic (exact) mass is 293 g/mol. The number of rotatable bonds is 7. The van der Waals surface area contributed by atoms with Crippen LogP contribution in [0.1, 0.15) is 26.7 Å². The average Bonchev–Trinajstić information content (AvgIpc) is 2.67.